The van der Waals surface area contributed by atoms with Gasteiger partial charge < -0.3 is 5.32 Å². The molecule has 4 nitrogen and oxygen atoms in total. The zero-order chi connectivity index (χ0) is 12.5. The van der Waals surface area contributed by atoms with E-state index in [-0.39, 0.29) is 6.03 Å². The summed E-state index contributed by atoms with van der Waals surface area (Å²) < 4.78 is 0. The number of benzene rings is 1. The molecule has 4 heteroatoms. The lowest BCUT2D eigenvalue weighted by Crippen LogP contribution is -2.24. The number of hydrogen-bond acceptors (Lipinski definition) is 2. The van der Waals surface area contributed by atoms with Crippen molar-refractivity contribution in [2.45, 2.75) is 26.7 Å². The van der Waals surface area contributed by atoms with E-state index in [4.69, 9.17) is 0 Å². The Morgan fingerprint density at radius 2 is 1.94 bits per heavy atom. The number of hydrazone groups is 1. The number of rotatable bonds is 5. The van der Waals surface area contributed by atoms with Crippen molar-refractivity contribution in [2.75, 3.05) is 5.32 Å². The second kappa shape index (κ2) is 7.44. The maximum absolute atomic E-state index is 11.4. The van der Waals surface area contributed by atoms with Crippen LogP contribution in [0.2, 0.25) is 0 Å². The second-order valence-corrected chi connectivity index (χ2v) is 3.79. The van der Waals surface area contributed by atoms with Crippen LogP contribution in [0.5, 0.6) is 0 Å². The van der Waals surface area contributed by atoms with E-state index in [2.05, 4.69) is 29.7 Å². The van der Waals surface area contributed by atoms with E-state index >= 15 is 0 Å². The summed E-state index contributed by atoms with van der Waals surface area (Å²) in [6.07, 6.45) is 3.84. The maximum Gasteiger partial charge on any atom is 0.339 e. The van der Waals surface area contributed by atoms with Gasteiger partial charge in [-0.2, -0.15) is 5.10 Å². The van der Waals surface area contributed by atoms with Gasteiger partial charge in [-0.1, -0.05) is 32.0 Å². The monoisotopic (exact) mass is 233 g/mol. The van der Waals surface area contributed by atoms with Crippen molar-refractivity contribution in [1.82, 2.24) is 5.43 Å². The first-order valence-corrected chi connectivity index (χ1v) is 5.91. The smallest absolute Gasteiger partial charge is 0.307 e. The van der Waals surface area contributed by atoms with E-state index in [0.717, 1.165) is 18.5 Å². The molecule has 1 aromatic carbocycles. The van der Waals surface area contributed by atoms with Gasteiger partial charge in [-0.15, -0.1) is 0 Å². The summed E-state index contributed by atoms with van der Waals surface area (Å²) in [6.45, 7) is 4.20. The molecule has 0 saturated heterocycles. The minimum atomic E-state index is -0.321. The van der Waals surface area contributed by atoms with Gasteiger partial charge in [0, 0.05) is 11.9 Å². The molecule has 0 aromatic heterocycles. The lowest BCUT2D eigenvalue weighted by molar-refractivity contribution is 0.252. The third-order valence-corrected chi connectivity index (χ3v) is 2.53. The van der Waals surface area contributed by atoms with Crippen LogP contribution in [0.3, 0.4) is 0 Å². The van der Waals surface area contributed by atoms with Gasteiger partial charge in [0.05, 0.1) is 0 Å². The predicted molar refractivity (Wildman–Crippen MR) is 71.2 cm³/mol. The van der Waals surface area contributed by atoms with E-state index in [1.54, 1.807) is 6.21 Å². The molecule has 0 atom stereocenters. The first-order valence-electron chi connectivity index (χ1n) is 5.91. The molecule has 0 aliphatic rings. The minimum Gasteiger partial charge on any atom is -0.307 e. The molecule has 0 fully saturated rings. The number of carbonyl (C=O) groups is 1. The number of hydrogen-bond donors (Lipinski definition) is 2. The fourth-order valence-corrected chi connectivity index (χ4v) is 1.38. The fraction of sp³-hybridized carbons (Fsp3) is 0.385. The van der Waals surface area contributed by atoms with Crippen molar-refractivity contribution in [3.63, 3.8) is 0 Å². The largest absolute Gasteiger partial charge is 0.339 e. The number of carbonyl (C=O) groups excluding carboxylic acids is 1. The summed E-state index contributed by atoms with van der Waals surface area (Å²) in [7, 11) is 0. The first-order chi connectivity index (χ1) is 8.26. The van der Waals surface area contributed by atoms with E-state index in [1.165, 1.54) is 0 Å². The Hall–Kier alpha value is -1.84. The molecule has 92 valence electrons. The van der Waals surface area contributed by atoms with Crippen LogP contribution in [0, 0.1) is 5.92 Å². The van der Waals surface area contributed by atoms with Gasteiger partial charge in [-0.25, -0.2) is 10.2 Å². The maximum atomic E-state index is 11.4. The summed E-state index contributed by atoms with van der Waals surface area (Å²) in [4.78, 5) is 11.4. The highest BCUT2D eigenvalue weighted by Crippen LogP contribution is 2.04. The van der Waals surface area contributed by atoms with Crippen molar-refractivity contribution < 1.29 is 4.79 Å². The van der Waals surface area contributed by atoms with Crippen LogP contribution < -0.4 is 10.7 Å². The molecule has 2 N–H and O–H groups in total. The van der Waals surface area contributed by atoms with Gasteiger partial charge in [-0.05, 0) is 30.9 Å². The summed E-state index contributed by atoms with van der Waals surface area (Å²) >= 11 is 0. The predicted octanol–water partition coefficient (Wildman–Crippen LogP) is 3.23. The lowest BCUT2D eigenvalue weighted by atomic mass is 10.1. The highest BCUT2D eigenvalue weighted by atomic mass is 16.2. The number of para-hydroxylation sites is 1. The molecular formula is C13H19N3O. The lowest BCUT2D eigenvalue weighted by Gasteiger charge is -2.05. The quantitative estimate of drug-likeness (QED) is 0.595. The molecule has 0 saturated carbocycles. The fourth-order valence-electron chi connectivity index (χ4n) is 1.38. The van der Waals surface area contributed by atoms with Crippen molar-refractivity contribution in [1.29, 1.82) is 0 Å². The Kier molecular flexibility index (Phi) is 5.79. The molecule has 0 heterocycles. The van der Waals surface area contributed by atoms with Crippen molar-refractivity contribution >= 4 is 17.9 Å². The van der Waals surface area contributed by atoms with Gasteiger partial charge in [0.1, 0.15) is 0 Å². The molecule has 0 aliphatic heterocycles. The topological polar surface area (TPSA) is 53.5 Å². The average molecular weight is 233 g/mol. The van der Waals surface area contributed by atoms with E-state index in [9.17, 15) is 4.79 Å². The summed E-state index contributed by atoms with van der Waals surface area (Å²) in [5.41, 5.74) is 3.20. The van der Waals surface area contributed by atoms with Crippen LogP contribution in [0.15, 0.2) is 35.4 Å². The van der Waals surface area contributed by atoms with Crippen LogP contribution in [0.1, 0.15) is 26.7 Å². The first kappa shape index (κ1) is 13.2. The second-order valence-electron chi connectivity index (χ2n) is 3.79. The Bertz CT molecular complexity index is 358. The molecule has 0 radical (unpaired) electrons. The normalized spacial score (nSPS) is 10.8. The molecule has 2 amide bonds. The van der Waals surface area contributed by atoms with Crippen LogP contribution in [0.4, 0.5) is 10.5 Å². The molecule has 0 unspecified atom stereocenters. The number of nitrogens with zero attached hydrogens (tertiary/aromatic N) is 1. The Morgan fingerprint density at radius 1 is 1.29 bits per heavy atom. The van der Waals surface area contributed by atoms with Crippen LogP contribution in [-0.2, 0) is 0 Å². The molecule has 1 rings (SSSR count). The van der Waals surface area contributed by atoms with Crippen LogP contribution in [-0.4, -0.2) is 12.2 Å². The zero-order valence-electron chi connectivity index (χ0n) is 10.3. The minimum absolute atomic E-state index is 0.321. The standard InChI is InChI=1S/C13H19N3O/c1-3-11(4-2)10-14-16-13(17)15-12-8-6-5-7-9-12/h5-11H,3-4H2,1-2H3,(H2,15,16,17)/b14-10-. The van der Waals surface area contributed by atoms with Gasteiger partial charge in [-0.3, -0.25) is 0 Å². The van der Waals surface area contributed by atoms with E-state index < -0.39 is 0 Å². The summed E-state index contributed by atoms with van der Waals surface area (Å²) in [5, 5.41) is 6.61. The van der Waals surface area contributed by atoms with Crippen LogP contribution >= 0.6 is 0 Å². The van der Waals surface area contributed by atoms with Gasteiger partial charge in [0.25, 0.3) is 0 Å². The zero-order valence-corrected chi connectivity index (χ0v) is 10.3. The molecule has 1 aromatic rings. The van der Waals surface area contributed by atoms with Gasteiger partial charge in [0.15, 0.2) is 0 Å². The number of anilines is 1. The highest BCUT2D eigenvalue weighted by Gasteiger charge is 2.00. The van der Waals surface area contributed by atoms with Crippen molar-refractivity contribution in [3.8, 4) is 0 Å². The number of amides is 2. The SMILES string of the molecule is CCC(/C=N\NC(=O)Nc1ccccc1)CC. The highest BCUT2D eigenvalue weighted by molar-refractivity contribution is 5.89. The van der Waals surface area contributed by atoms with Gasteiger partial charge in [0.2, 0.25) is 0 Å². The van der Waals surface area contributed by atoms with Crippen molar-refractivity contribution in [3.05, 3.63) is 30.3 Å². The van der Waals surface area contributed by atoms with Gasteiger partial charge >= 0.3 is 6.03 Å². The number of nitrogens with one attached hydrogen (secondary N) is 2. The van der Waals surface area contributed by atoms with E-state index in [0.29, 0.717) is 5.92 Å². The van der Waals surface area contributed by atoms with Crippen molar-refractivity contribution in [2.24, 2.45) is 11.0 Å². The molecular weight excluding hydrogens is 214 g/mol. The third-order valence-electron chi connectivity index (χ3n) is 2.53. The molecule has 0 aliphatic carbocycles. The number of urea groups is 1. The third kappa shape index (κ3) is 5.15. The Balaban J connectivity index is 2.35. The van der Waals surface area contributed by atoms with E-state index in [1.807, 2.05) is 30.3 Å². The van der Waals surface area contributed by atoms with Crippen LogP contribution in [0.25, 0.3) is 0 Å². The molecule has 17 heavy (non-hydrogen) atoms. The Morgan fingerprint density at radius 3 is 2.53 bits per heavy atom. The molecule has 0 spiro atoms. The average Bonchev–Trinajstić information content (AvgIpc) is 2.36. The summed E-state index contributed by atoms with van der Waals surface area (Å²) in [5.74, 6) is 0.423. The molecule has 0 bridgehead atoms. The summed E-state index contributed by atoms with van der Waals surface area (Å²) in [6, 6.07) is 8.95. The Labute approximate surface area is 102 Å².